The molecule has 0 spiro atoms. The lowest BCUT2D eigenvalue weighted by molar-refractivity contribution is -0.292. The third-order valence-corrected chi connectivity index (χ3v) is 3.47. The summed E-state index contributed by atoms with van der Waals surface area (Å²) in [6.07, 6.45) is 0. The molecule has 154 valence electrons. The Balaban J connectivity index is 3.68. The van der Waals surface area contributed by atoms with Crippen LogP contribution < -0.4 is 9.78 Å². The van der Waals surface area contributed by atoms with Crippen molar-refractivity contribution in [3.05, 3.63) is 22.8 Å². The molecule has 0 unspecified atom stereocenters. The van der Waals surface area contributed by atoms with Crippen LogP contribution in [0.4, 0.5) is 0 Å². The molecule has 1 rings (SSSR count). The Kier molecular flexibility index (Phi) is 7.30. The zero-order chi connectivity index (χ0) is 21.2. The van der Waals surface area contributed by atoms with E-state index in [1.165, 1.54) is 6.07 Å². The van der Waals surface area contributed by atoms with Crippen LogP contribution in [0.15, 0.2) is 6.07 Å². The molecule has 0 aromatic heterocycles. The second-order valence-corrected chi connectivity index (χ2v) is 9.25. The Morgan fingerprint density at radius 2 is 1.30 bits per heavy atom. The van der Waals surface area contributed by atoms with Crippen molar-refractivity contribution in [2.24, 2.45) is 0 Å². The highest BCUT2D eigenvalue weighted by Crippen LogP contribution is 2.44. The molecule has 27 heavy (non-hydrogen) atoms. The predicted octanol–water partition coefficient (Wildman–Crippen LogP) is 5.85. The number of hydrogen-bond donors (Lipinski definition) is 1. The number of rotatable bonds is 7. The van der Waals surface area contributed by atoms with E-state index >= 15 is 0 Å². The van der Waals surface area contributed by atoms with Crippen LogP contribution in [0.1, 0.15) is 103 Å². The maximum Gasteiger partial charge on any atom is 0.336 e. The van der Waals surface area contributed by atoms with Gasteiger partial charge in [0.15, 0.2) is 0 Å². The van der Waals surface area contributed by atoms with Gasteiger partial charge < -0.3 is 14.9 Å². The van der Waals surface area contributed by atoms with Gasteiger partial charge in [-0.15, -0.1) is 0 Å². The van der Waals surface area contributed by atoms with Crippen LogP contribution in [-0.4, -0.2) is 22.3 Å². The number of carbonyl (C=O) groups is 1. The van der Waals surface area contributed by atoms with Gasteiger partial charge in [0, 0.05) is 11.6 Å². The number of hydrogen-bond acceptors (Lipinski definition) is 5. The van der Waals surface area contributed by atoms with Gasteiger partial charge in [0.25, 0.3) is 0 Å². The first-order valence-corrected chi connectivity index (χ1v) is 9.29. The molecule has 1 aromatic rings. The predicted molar refractivity (Wildman–Crippen MR) is 105 cm³/mol. The van der Waals surface area contributed by atoms with Crippen molar-refractivity contribution < 1.29 is 29.5 Å². The first-order valence-electron chi connectivity index (χ1n) is 9.29. The number of carboxylic acids is 1. The maximum absolute atomic E-state index is 11.9. The summed E-state index contributed by atoms with van der Waals surface area (Å²) < 4.78 is 0. The molecule has 1 aromatic carbocycles. The van der Waals surface area contributed by atoms with Crippen molar-refractivity contribution in [1.29, 1.82) is 0 Å². The first-order chi connectivity index (χ1) is 12.1. The second-order valence-electron chi connectivity index (χ2n) is 9.25. The summed E-state index contributed by atoms with van der Waals surface area (Å²) in [7, 11) is 0. The molecule has 0 saturated carbocycles. The lowest BCUT2D eigenvalue weighted by Gasteiger charge is -2.27. The molecule has 0 aliphatic rings. The summed E-state index contributed by atoms with van der Waals surface area (Å²) in [4.78, 5) is 34.1. The molecule has 0 radical (unpaired) electrons. The van der Waals surface area contributed by atoms with Crippen molar-refractivity contribution in [2.75, 3.05) is 0 Å². The quantitative estimate of drug-likeness (QED) is 0.471. The summed E-state index contributed by atoms with van der Waals surface area (Å²) in [5, 5.41) is 9.75. The molecule has 0 aliphatic carbocycles. The average molecular weight is 382 g/mol. The highest BCUT2D eigenvalue weighted by Gasteiger charge is 2.30. The monoisotopic (exact) mass is 382 g/mol. The van der Waals surface area contributed by atoms with E-state index in [2.05, 4.69) is 0 Å². The van der Waals surface area contributed by atoms with E-state index in [1.807, 2.05) is 69.2 Å². The number of carboxylic acid groups (broad SMARTS) is 1. The molecule has 0 bridgehead atoms. The maximum atomic E-state index is 11.9. The fraction of sp³-hybridized carbons (Fsp3) is 0.667. The summed E-state index contributed by atoms with van der Waals surface area (Å²) in [5.41, 5.74) is 0.472. The van der Waals surface area contributed by atoms with Crippen LogP contribution in [-0.2, 0) is 9.78 Å². The fourth-order valence-electron chi connectivity index (χ4n) is 2.53. The van der Waals surface area contributed by atoms with Crippen LogP contribution in [0, 0.1) is 0 Å². The lowest BCUT2D eigenvalue weighted by atomic mass is 9.85. The molecule has 0 saturated heterocycles. The van der Waals surface area contributed by atoms with Crippen molar-refractivity contribution in [3.63, 3.8) is 0 Å². The lowest BCUT2D eigenvalue weighted by Crippen LogP contribution is -2.24. The second kappa shape index (κ2) is 8.48. The van der Waals surface area contributed by atoms with Crippen LogP contribution in [0.3, 0.4) is 0 Å². The first kappa shape index (κ1) is 23.2. The average Bonchev–Trinajstić information content (AvgIpc) is 2.47. The van der Waals surface area contributed by atoms with Crippen LogP contribution in [0.5, 0.6) is 11.5 Å². The zero-order valence-corrected chi connectivity index (χ0v) is 18.2. The van der Waals surface area contributed by atoms with Gasteiger partial charge in [-0.05, 0) is 58.9 Å². The summed E-state index contributed by atoms with van der Waals surface area (Å²) in [5.74, 6) is -0.539. The minimum atomic E-state index is -1.02. The van der Waals surface area contributed by atoms with Crippen molar-refractivity contribution in [2.45, 2.75) is 92.3 Å². The number of aromatic carboxylic acids is 1. The Hall–Kier alpha value is -1.79. The molecule has 0 atom stereocenters. The molecular formula is C21H34O6. The summed E-state index contributed by atoms with van der Waals surface area (Å²) >= 11 is 0. The molecule has 6 nitrogen and oxygen atoms in total. The molecular weight excluding hydrogens is 348 g/mol. The minimum absolute atomic E-state index is 0.0164. The van der Waals surface area contributed by atoms with E-state index in [0.717, 1.165) is 5.56 Å². The third kappa shape index (κ3) is 6.70. The largest absolute Gasteiger partial charge is 0.478 e. The number of benzene rings is 1. The molecule has 0 heterocycles. The van der Waals surface area contributed by atoms with E-state index in [0.29, 0.717) is 11.3 Å². The van der Waals surface area contributed by atoms with Gasteiger partial charge in [-0.25, -0.2) is 4.79 Å². The van der Waals surface area contributed by atoms with E-state index in [1.54, 1.807) is 0 Å². The van der Waals surface area contributed by atoms with Gasteiger partial charge in [0.2, 0.25) is 11.5 Å². The van der Waals surface area contributed by atoms with Crippen molar-refractivity contribution in [3.8, 4) is 11.5 Å². The van der Waals surface area contributed by atoms with E-state index in [9.17, 15) is 9.90 Å². The highest BCUT2D eigenvalue weighted by molar-refractivity contribution is 5.91. The summed E-state index contributed by atoms with van der Waals surface area (Å²) in [6, 6.07) is 1.44. The van der Waals surface area contributed by atoms with Crippen LogP contribution in [0.25, 0.3) is 0 Å². The third-order valence-electron chi connectivity index (χ3n) is 3.47. The fourth-order valence-corrected chi connectivity index (χ4v) is 2.53. The normalized spacial score (nSPS) is 12.6. The summed E-state index contributed by atoms with van der Waals surface area (Å²) in [6.45, 7) is 19.0. The van der Waals surface area contributed by atoms with Gasteiger partial charge in [-0.2, -0.15) is 9.78 Å². The molecule has 0 aliphatic heterocycles. The Bertz CT molecular complexity index is 663. The van der Waals surface area contributed by atoms with Gasteiger partial charge in [0.05, 0.1) is 5.56 Å². The molecule has 6 heteroatoms. The minimum Gasteiger partial charge on any atom is -0.478 e. The van der Waals surface area contributed by atoms with Gasteiger partial charge in [-0.3, -0.25) is 0 Å². The van der Waals surface area contributed by atoms with Crippen molar-refractivity contribution in [1.82, 2.24) is 0 Å². The molecule has 0 amide bonds. The Morgan fingerprint density at radius 3 is 1.67 bits per heavy atom. The van der Waals surface area contributed by atoms with Gasteiger partial charge in [-0.1, -0.05) is 27.7 Å². The topological polar surface area (TPSA) is 74.2 Å². The standard InChI is InChI=1S/C21H34O6/c1-12(2)16-14(19(22)23)11-15(24-26-20(5,6)7)18(17(16)13(3)4)25-27-21(8,9)10/h11-13H,1-10H3,(H,22,23). The smallest absolute Gasteiger partial charge is 0.336 e. The van der Waals surface area contributed by atoms with Gasteiger partial charge >= 0.3 is 5.97 Å². The molecule has 0 fully saturated rings. The van der Waals surface area contributed by atoms with E-state index in [-0.39, 0.29) is 23.1 Å². The SMILES string of the molecule is CC(C)c1c(C(=O)O)cc(OOC(C)(C)C)c(OOC(C)(C)C)c1C(C)C. The highest BCUT2D eigenvalue weighted by atomic mass is 17.2. The Morgan fingerprint density at radius 1 is 0.852 bits per heavy atom. The van der Waals surface area contributed by atoms with Crippen molar-refractivity contribution >= 4 is 5.97 Å². The van der Waals surface area contributed by atoms with E-state index < -0.39 is 17.2 Å². The van der Waals surface area contributed by atoms with Crippen LogP contribution in [0.2, 0.25) is 0 Å². The zero-order valence-electron chi connectivity index (χ0n) is 18.2. The van der Waals surface area contributed by atoms with Crippen LogP contribution >= 0.6 is 0 Å². The molecule has 1 N–H and O–H groups in total. The van der Waals surface area contributed by atoms with E-state index in [4.69, 9.17) is 19.6 Å². The van der Waals surface area contributed by atoms with Gasteiger partial charge in [0.1, 0.15) is 11.2 Å². The Labute approximate surface area is 162 Å².